The van der Waals surface area contributed by atoms with E-state index in [4.69, 9.17) is 9.47 Å². The van der Waals surface area contributed by atoms with Gasteiger partial charge < -0.3 is 14.8 Å². The number of hydrogen-bond donors (Lipinski definition) is 1. The van der Waals surface area contributed by atoms with E-state index in [1.807, 2.05) is 27.7 Å². The van der Waals surface area contributed by atoms with Crippen molar-refractivity contribution in [3.05, 3.63) is 18.2 Å². The number of amides is 2. The summed E-state index contributed by atoms with van der Waals surface area (Å²) in [5, 5.41) is 2.78. The molecule has 2 heterocycles. The molecule has 33 heavy (non-hydrogen) atoms. The molecule has 2 amide bonds. The average molecular weight is 482 g/mol. The zero-order chi connectivity index (χ0) is 24.2. The molecule has 0 unspecified atom stereocenters. The molecule has 10 heteroatoms. The monoisotopic (exact) mass is 481 g/mol. The Hall–Kier alpha value is -2.17. The molecule has 0 bridgehead atoms. The number of fused-ring (bicyclic) bond motifs is 1. The molecule has 1 N–H and O–H groups in total. The van der Waals surface area contributed by atoms with Crippen molar-refractivity contribution < 1.29 is 27.5 Å². The number of carbonyl (C=O) groups is 2. The summed E-state index contributed by atoms with van der Waals surface area (Å²) in [6.45, 7) is 9.47. The van der Waals surface area contributed by atoms with Gasteiger partial charge in [0.2, 0.25) is 15.9 Å². The van der Waals surface area contributed by atoms with Crippen LogP contribution in [0, 0.1) is 11.8 Å². The Morgan fingerprint density at radius 3 is 2.61 bits per heavy atom. The van der Waals surface area contributed by atoms with Crippen LogP contribution >= 0.6 is 0 Å². The standard InChI is InChI=1S/C23H35N3O6S/c1-16(2)31-9-5-8-24-22(27)14-26-20-11-19(6-7-21(20)32-15-23(26)28)33(29,30)25-12-17(3)10-18(4)13-25/h6-7,11,16-18H,5,8-10,12-15H2,1-4H3,(H,24,27)/t17-,18-/m0/s1. The number of sulfonamides is 1. The number of nitrogens with one attached hydrogen (secondary N) is 1. The van der Waals surface area contributed by atoms with Crippen molar-refractivity contribution in [2.45, 2.75) is 51.5 Å². The number of anilines is 1. The van der Waals surface area contributed by atoms with E-state index in [0.29, 0.717) is 44.1 Å². The molecule has 1 fully saturated rings. The lowest BCUT2D eigenvalue weighted by molar-refractivity contribution is -0.125. The zero-order valence-corrected chi connectivity index (χ0v) is 20.7. The van der Waals surface area contributed by atoms with Gasteiger partial charge in [-0.2, -0.15) is 4.31 Å². The molecule has 0 spiro atoms. The quantitative estimate of drug-likeness (QED) is 0.541. The molecule has 0 saturated carbocycles. The van der Waals surface area contributed by atoms with Gasteiger partial charge in [-0.25, -0.2) is 8.42 Å². The van der Waals surface area contributed by atoms with E-state index in [2.05, 4.69) is 5.32 Å². The lowest BCUT2D eigenvalue weighted by atomic mass is 9.94. The van der Waals surface area contributed by atoms with E-state index in [1.54, 1.807) is 6.07 Å². The first-order valence-electron chi connectivity index (χ1n) is 11.5. The van der Waals surface area contributed by atoms with Crippen molar-refractivity contribution in [2.24, 2.45) is 11.8 Å². The van der Waals surface area contributed by atoms with Gasteiger partial charge in [0.1, 0.15) is 12.3 Å². The highest BCUT2D eigenvalue weighted by atomic mass is 32.2. The lowest BCUT2D eigenvalue weighted by Gasteiger charge is -2.34. The number of hydrogen-bond acceptors (Lipinski definition) is 6. The summed E-state index contributed by atoms with van der Waals surface area (Å²) in [5.74, 6) is 0.213. The van der Waals surface area contributed by atoms with E-state index in [-0.39, 0.29) is 41.9 Å². The summed E-state index contributed by atoms with van der Waals surface area (Å²) in [6, 6.07) is 4.50. The Kier molecular flexibility index (Phi) is 8.36. The first-order chi connectivity index (χ1) is 15.6. The Bertz CT molecular complexity index is 955. The first-order valence-corrected chi connectivity index (χ1v) is 13.0. The van der Waals surface area contributed by atoms with Gasteiger partial charge >= 0.3 is 0 Å². The van der Waals surface area contributed by atoms with Gasteiger partial charge in [0, 0.05) is 26.2 Å². The fourth-order valence-electron chi connectivity index (χ4n) is 4.29. The molecule has 184 valence electrons. The van der Waals surface area contributed by atoms with Gasteiger partial charge in [-0.05, 0) is 56.7 Å². The highest BCUT2D eigenvalue weighted by Gasteiger charge is 2.34. The highest BCUT2D eigenvalue weighted by Crippen LogP contribution is 2.36. The van der Waals surface area contributed by atoms with Crippen LogP contribution in [-0.2, 0) is 24.3 Å². The molecule has 0 radical (unpaired) electrons. The Labute approximate surface area is 196 Å². The third-order valence-corrected chi connectivity index (χ3v) is 7.57. The van der Waals surface area contributed by atoms with E-state index in [1.165, 1.54) is 21.3 Å². The van der Waals surface area contributed by atoms with Crippen molar-refractivity contribution in [3.8, 4) is 5.75 Å². The molecule has 1 aromatic rings. The molecular weight excluding hydrogens is 446 g/mol. The Balaban J connectivity index is 1.73. The van der Waals surface area contributed by atoms with Crippen LogP contribution in [0.1, 0.15) is 40.5 Å². The number of rotatable bonds is 9. The first kappa shape index (κ1) is 25.5. The highest BCUT2D eigenvalue weighted by molar-refractivity contribution is 7.89. The molecule has 2 aliphatic heterocycles. The van der Waals surface area contributed by atoms with Crippen molar-refractivity contribution in [1.29, 1.82) is 0 Å². The minimum Gasteiger partial charge on any atom is -0.482 e. The smallest absolute Gasteiger partial charge is 0.265 e. The predicted octanol–water partition coefficient (Wildman–Crippen LogP) is 2.01. The van der Waals surface area contributed by atoms with Crippen LogP contribution in [-0.4, -0.2) is 70.0 Å². The minimum atomic E-state index is -3.73. The second-order valence-corrected chi connectivity index (χ2v) is 11.2. The van der Waals surface area contributed by atoms with Crippen LogP contribution in [0.15, 0.2) is 23.1 Å². The predicted molar refractivity (Wildman–Crippen MR) is 125 cm³/mol. The van der Waals surface area contributed by atoms with Gasteiger partial charge in [0.05, 0.1) is 16.7 Å². The van der Waals surface area contributed by atoms with E-state index in [0.717, 1.165) is 6.42 Å². The normalized spacial score (nSPS) is 21.6. The number of nitrogens with zero attached hydrogens (tertiary/aromatic N) is 2. The molecule has 3 rings (SSSR count). The maximum absolute atomic E-state index is 13.3. The van der Waals surface area contributed by atoms with Crippen molar-refractivity contribution in [1.82, 2.24) is 9.62 Å². The van der Waals surface area contributed by atoms with Crippen LogP contribution < -0.4 is 15.0 Å². The topological polar surface area (TPSA) is 105 Å². The van der Waals surface area contributed by atoms with Crippen LogP contribution in [0.5, 0.6) is 5.75 Å². The lowest BCUT2D eigenvalue weighted by Crippen LogP contribution is -2.45. The van der Waals surface area contributed by atoms with E-state index >= 15 is 0 Å². The van der Waals surface area contributed by atoms with E-state index < -0.39 is 15.9 Å². The Morgan fingerprint density at radius 2 is 1.94 bits per heavy atom. The SMILES string of the molecule is CC(C)OCCCNC(=O)CN1C(=O)COc2ccc(S(=O)(=O)N3C[C@@H](C)C[C@H](C)C3)cc21. The van der Waals surface area contributed by atoms with Gasteiger partial charge in [0.15, 0.2) is 6.61 Å². The van der Waals surface area contributed by atoms with Crippen molar-refractivity contribution in [2.75, 3.05) is 44.3 Å². The third kappa shape index (κ3) is 6.45. The van der Waals surface area contributed by atoms with Gasteiger partial charge in [-0.3, -0.25) is 14.5 Å². The number of benzene rings is 1. The molecular formula is C23H35N3O6S. The Morgan fingerprint density at radius 1 is 1.24 bits per heavy atom. The van der Waals surface area contributed by atoms with Gasteiger partial charge in [-0.1, -0.05) is 13.8 Å². The number of piperidine rings is 1. The summed E-state index contributed by atoms with van der Waals surface area (Å²) < 4.78 is 39.1. The summed E-state index contributed by atoms with van der Waals surface area (Å²) >= 11 is 0. The van der Waals surface area contributed by atoms with Crippen LogP contribution in [0.4, 0.5) is 5.69 Å². The average Bonchev–Trinajstić information content (AvgIpc) is 2.74. The molecule has 2 aliphatic rings. The molecule has 9 nitrogen and oxygen atoms in total. The molecule has 0 aromatic heterocycles. The summed E-state index contributed by atoms with van der Waals surface area (Å²) in [7, 11) is -3.73. The second-order valence-electron chi connectivity index (χ2n) is 9.29. The fourth-order valence-corrected chi connectivity index (χ4v) is 5.99. The van der Waals surface area contributed by atoms with Crippen molar-refractivity contribution >= 4 is 27.5 Å². The summed E-state index contributed by atoms with van der Waals surface area (Å²) in [5.41, 5.74) is 0.295. The maximum Gasteiger partial charge on any atom is 0.265 e. The number of carbonyl (C=O) groups excluding carboxylic acids is 2. The second kappa shape index (κ2) is 10.8. The van der Waals surface area contributed by atoms with Gasteiger partial charge in [0.25, 0.3) is 5.91 Å². The fraction of sp³-hybridized carbons (Fsp3) is 0.652. The van der Waals surface area contributed by atoms with Crippen LogP contribution in [0.3, 0.4) is 0 Å². The zero-order valence-electron chi connectivity index (χ0n) is 19.9. The summed E-state index contributed by atoms with van der Waals surface area (Å²) in [4.78, 5) is 26.4. The molecule has 1 saturated heterocycles. The van der Waals surface area contributed by atoms with Gasteiger partial charge in [-0.15, -0.1) is 0 Å². The third-order valence-electron chi connectivity index (χ3n) is 5.74. The summed E-state index contributed by atoms with van der Waals surface area (Å²) in [6.07, 6.45) is 1.78. The van der Waals surface area contributed by atoms with Crippen LogP contribution in [0.25, 0.3) is 0 Å². The molecule has 0 aliphatic carbocycles. The van der Waals surface area contributed by atoms with Crippen molar-refractivity contribution in [3.63, 3.8) is 0 Å². The molecule has 1 aromatic carbocycles. The molecule has 2 atom stereocenters. The van der Waals surface area contributed by atoms with E-state index in [9.17, 15) is 18.0 Å². The minimum absolute atomic E-state index is 0.0945. The number of ether oxygens (including phenoxy) is 2. The largest absolute Gasteiger partial charge is 0.482 e. The van der Waals surface area contributed by atoms with Crippen LogP contribution in [0.2, 0.25) is 0 Å². The maximum atomic E-state index is 13.3.